The fraction of sp³-hybridized carbons (Fsp3) is 0.400. The highest BCUT2D eigenvalue weighted by Crippen LogP contribution is 2.20. The van der Waals surface area contributed by atoms with Crippen LogP contribution in [0.5, 0.6) is 0 Å². The van der Waals surface area contributed by atoms with Gasteiger partial charge in [-0.3, -0.25) is 0 Å². The van der Waals surface area contributed by atoms with Crippen LogP contribution in [0.2, 0.25) is 0 Å². The molecule has 3 heteroatoms. The summed E-state index contributed by atoms with van der Waals surface area (Å²) in [5.74, 6) is 0. The molecule has 96 valence electrons. The van der Waals surface area contributed by atoms with E-state index < -0.39 is 0 Å². The largest absolute Gasteiger partial charge is 0.313 e. The van der Waals surface area contributed by atoms with Gasteiger partial charge in [0.15, 0.2) is 0 Å². The molecule has 0 unspecified atom stereocenters. The molecule has 0 atom stereocenters. The molecule has 1 aromatic carbocycles. The minimum absolute atomic E-state index is 0.875. The fourth-order valence-electron chi connectivity index (χ4n) is 2.38. The van der Waals surface area contributed by atoms with Crippen LogP contribution in [-0.4, -0.2) is 16.3 Å². The van der Waals surface area contributed by atoms with E-state index in [1.54, 1.807) is 0 Å². The summed E-state index contributed by atoms with van der Waals surface area (Å²) >= 11 is 0. The molecule has 2 aromatic rings. The highest BCUT2D eigenvalue weighted by molar-refractivity contribution is 5.48. The summed E-state index contributed by atoms with van der Waals surface area (Å²) in [4.78, 5) is 0. The van der Waals surface area contributed by atoms with Crippen LogP contribution in [0.15, 0.2) is 24.5 Å². The van der Waals surface area contributed by atoms with Crippen molar-refractivity contribution in [2.45, 2.75) is 34.2 Å². The Labute approximate surface area is 109 Å². The first-order valence-electron chi connectivity index (χ1n) is 6.44. The average molecular weight is 243 g/mol. The van der Waals surface area contributed by atoms with Crippen molar-refractivity contribution >= 4 is 0 Å². The van der Waals surface area contributed by atoms with Gasteiger partial charge in [-0.15, -0.1) is 0 Å². The molecule has 1 aromatic heterocycles. The Hall–Kier alpha value is -1.61. The lowest BCUT2D eigenvalue weighted by molar-refractivity contribution is 0.726. The van der Waals surface area contributed by atoms with Crippen LogP contribution in [0.25, 0.3) is 5.69 Å². The van der Waals surface area contributed by atoms with Crippen LogP contribution >= 0.6 is 0 Å². The third-order valence-corrected chi connectivity index (χ3v) is 3.08. The predicted molar refractivity (Wildman–Crippen MR) is 75.2 cm³/mol. The second kappa shape index (κ2) is 5.36. The summed E-state index contributed by atoms with van der Waals surface area (Å²) < 4.78 is 1.98. The van der Waals surface area contributed by atoms with Crippen molar-refractivity contribution in [3.8, 4) is 5.69 Å². The van der Waals surface area contributed by atoms with Crippen molar-refractivity contribution in [2.24, 2.45) is 0 Å². The van der Waals surface area contributed by atoms with E-state index in [-0.39, 0.29) is 0 Å². The molecule has 0 aliphatic carbocycles. The Balaban J connectivity index is 2.34. The van der Waals surface area contributed by atoms with Gasteiger partial charge in [-0.1, -0.05) is 24.6 Å². The number of nitrogens with zero attached hydrogens (tertiary/aromatic N) is 2. The molecule has 0 radical (unpaired) electrons. The van der Waals surface area contributed by atoms with E-state index in [4.69, 9.17) is 0 Å². The van der Waals surface area contributed by atoms with E-state index in [0.29, 0.717) is 0 Å². The first-order chi connectivity index (χ1) is 8.61. The first-order valence-corrected chi connectivity index (χ1v) is 6.44. The molecule has 18 heavy (non-hydrogen) atoms. The molecule has 1 heterocycles. The Morgan fingerprint density at radius 3 is 2.44 bits per heavy atom. The van der Waals surface area contributed by atoms with Crippen LogP contribution in [0.3, 0.4) is 0 Å². The summed E-state index contributed by atoms with van der Waals surface area (Å²) in [6, 6.07) is 4.40. The summed E-state index contributed by atoms with van der Waals surface area (Å²) in [6.45, 7) is 10.4. The van der Waals surface area contributed by atoms with E-state index in [0.717, 1.165) is 13.1 Å². The topological polar surface area (TPSA) is 29.9 Å². The SMILES string of the molecule is CCNCc1cnn(-c2c(C)cc(C)cc2C)c1. The molecular weight excluding hydrogens is 222 g/mol. The molecule has 0 bridgehead atoms. The van der Waals surface area contributed by atoms with Gasteiger partial charge in [0, 0.05) is 18.3 Å². The highest BCUT2D eigenvalue weighted by Gasteiger charge is 2.07. The zero-order chi connectivity index (χ0) is 13.1. The number of aromatic nitrogens is 2. The van der Waals surface area contributed by atoms with Crippen molar-refractivity contribution in [3.05, 3.63) is 46.8 Å². The van der Waals surface area contributed by atoms with Gasteiger partial charge in [0.1, 0.15) is 0 Å². The molecule has 0 amide bonds. The lowest BCUT2D eigenvalue weighted by atomic mass is 10.1. The zero-order valence-electron chi connectivity index (χ0n) is 11.6. The van der Waals surface area contributed by atoms with Crippen molar-refractivity contribution in [1.29, 1.82) is 0 Å². The maximum absolute atomic E-state index is 4.47. The Bertz CT molecular complexity index is 517. The summed E-state index contributed by atoms with van der Waals surface area (Å²) in [6.07, 6.45) is 4.04. The molecule has 0 saturated heterocycles. The van der Waals surface area contributed by atoms with Crippen molar-refractivity contribution in [3.63, 3.8) is 0 Å². The van der Waals surface area contributed by atoms with Gasteiger partial charge in [0.05, 0.1) is 11.9 Å². The summed E-state index contributed by atoms with van der Waals surface area (Å²) in [5.41, 5.74) is 6.25. The van der Waals surface area contributed by atoms with Crippen LogP contribution in [0.1, 0.15) is 29.2 Å². The molecular formula is C15H21N3. The van der Waals surface area contributed by atoms with E-state index in [2.05, 4.69) is 56.4 Å². The molecule has 0 fully saturated rings. The molecule has 2 rings (SSSR count). The number of nitrogens with one attached hydrogen (secondary N) is 1. The van der Waals surface area contributed by atoms with Gasteiger partial charge in [0.25, 0.3) is 0 Å². The van der Waals surface area contributed by atoms with Crippen molar-refractivity contribution < 1.29 is 0 Å². The lowest BCUT2D eigenvalue weighted by Gasteiger charge is -2.11. The second-order valence-electron chi connectivity index (χ2n) is 4.82. The van der Waals surface area contributed by atoms with E-state index in [1.807, 2.05) is 10.9 Å². The van der Waals surface area contributed by atoms with Gasteiger partial charge in [-0.05, 0) is 38.4 Å². The third-order valence-electron chi connectivity index (χ3n) is 3.08. The molecule has 1 N–H and O–H groups in total. The summed E-state index contributed by atoms with van der Waals surface area (Å²) in [5, 5.41) is 7.78. The molecule has 0 saturated carbocycles. The van der Waals surface area contributed by atoms with Gasteiger partial charge >= 0.3 is 0 Å². The zero-order valence-corrected chi connectivity index (χ0v) is 11.6. The predicted octanol–water partition coefficient (Wildman–Crippen LogP) is 2.91. The smallest absolute Gasteiger partial charge is 0.0704 e. The van der Waals surface area contributed by atoms with Crippen LogP contribution in [0.4, 0.5) is 0 Å². The van der Waals surface area contributed by atoms with Crippen LogP contribution in [0, 0.1) is 20.8 Å². The van der Waals surface area contributed by atoms with E-state index in [1.165, 1.54) is 27.9 Å². The number of aryl methyl sites for hydroxylation is 3. The Morgan fingerprint density at radius 2 is 1.83 bits per heavy atom. The standard InChI is InChI=1S/C15H21N3/c1-5-16-8-14-9-17-18(10-14)15-12(3)6-11(2)7-13(15)4/h6-7,9-10,16H,5,8H2,1-4H3. The first kappa shape index (κ1) is 12.8. The summed E-state index contributed by atoms with van der Waals surface area (Å²) in [7, 11) is 0. The number of hydrogen-bond acceptors (Lipinski definition) is 2. The van der Waals surface area contributed by atoms with E-state index in [9.17, 15) is 0 Å². The number of hydrogen-bond donors (Lipinski definition) is 1. The normalized spacial score (nSPS) is 10.9. The average Bonchev–Trinajstić information content (AvgIpc) is 2.73. The minimum atomic E-state index is 0.875. The maximum Gasteiger partial charge on any atom is 0.0704 e. The third kappa shape index (κ3) is 2.62. The highest BCUT2D eigenvalue weighted by atomic mass is 15.3. The minimum Gasteiger partial charge on any atom is -0.313 e. The second-order valence-corrected chi connectivity index (χ2v) is 4.82. The van der Waals surface area contributed by atoms with Gasteiger partial charge in [-0.25, -0.2) is 4.68 Å². The van der Waals surface area contributed by atoms with Crippen LogP contribution < -0.4 is 5.32 Å². The Morgan fingerprint density at radius 1 is 1.17 bits per heavy atom. The monoisotopic (exact) mass is 243 g/mol. The lowest BCUT2D eigenvalue weighted by Crippen LogP contribution is -2.11. The maximum atomic E-state index is 4.47. The molecule has 0 aliphatic heterocycles. The van der Waals surface area contributed by atoms with Gasteiger partial charge in [-0.2, -0.15) is 5.10 Å². The van der Waals surface area contributed by atoms with Crippen molar-refractivity contribution in [1.82, 2.24) is 15.1 Å². The van der Waals surface area contributed by atoms with Crippen molar-refractivity contribution in [2.75, 3.05) is 6.54 Å². The molecule has 0 spiro atoms. The van der Waals surface area contributed by atoms with E-state index >= 15 is 0 Å². The Kier molecular flexibility index (Phi) is 3.82. The number of rotatable bonds is 4. The number of benzene rings is 1. The van der Waals surface area contributed by atoms with Gasteiger partial charge < -0.3 is 5.32 Å². The fourth-order valence-corrected chi connectivity index (χ4v) is 2.38. The van der Waals surface area contributed by atoms with Gasteiger partial charge in [0.2, 0.25) is 0 Å². The van der Waals surface area contributed by atoms with Crippen LogP contribution in [-0.2, 0) is 6.54 Å². The quantitative estimate of drug-likeness (QED) is 0.895. The molecule has 3 nitrogen and oxygen atoms in total. The molecule has 0 aliphatic rings.